The van der Waals surface area contributed by atoms with Crippen LogP contribution in [-0.4, -0.2) is 11.7 Å². The van der Waals surface area contributed by atoms with Gasteiger partial charge in [0, 0.05) is 21.4 Å². The summed E-state index contributed by atoms with van der Waals surface area (Å²) in [4.78, 5) is 11.5. The van der Waals surface area contributed by atoms with E-state index in [1.54, 1.807) is 0 Å². The van der Waals surface area contributed by atoms with Crippen molar-refractivity contribution in [3.8, 4) is 0 Å². The molecule has 0 unspecified atom stereocenters. The van der Waals surface area contributed by atoms with Crippen molar-refractivity contribution < 1.29 is 18.0 Å². The molecule has 0 fully saturated rings. The van der Waals surface area contributed by atoms with Gasteiger partial charge in [-0.3, -0.25) is 4.79 Å². The Kier molecular flexibility index (Phi) is 4.61. The van der Waals surface area contributed by atoms with E-state index in [0.29, 0.717) is 0 Å². The Bertz CT molecular complexity index is 404. The van der Waals surface area contributed by atoms with Crippen LogP contribution < -0.4 is 0 Å². The van der Waals surface area contributed by atoms with E-state index in [0.717, 1.165) is 6.07 Å². The number of ketones is 1. The fourth-order valence-electron chi connectivity index (χ4n) is 1.19. The maximum atomic E-state index is 12.5. The third kappa shape index (κ3) is 3.10. The van der Waals surface area contributed by atoms with Gasteiger partial charge in [-0.05, 0) is 28.7 Å². The van der Waals surface area contributed by atoms with E-state index in [-0.39, 0.29) is 27.2 Å². The summed E-state index contributed by atoms with van der Waals surface area (Å²) in [6.07, 6.45) is -4.40. The largest absolute Gasteiger partial charge is 0.417 e. The second-order valence-electron chi connectivity index (χ2n) is 3.03. The first-order valence-corrected chi connectivity index (χ1v) is 5.94. The quantitative estimate of drug-likeness (QED) is 0.449. The smallest absolute Gasteiger partial charge is 0.294 e. The summed E-state index contributed by atoms with van der Waals surface area (Å²) in [5, 5.41) is 0. The van der Waals surface area contributed by atoms with E-state index in [1.807, 2.05) is 0 Å². The second-order valence-corrected chi connectivity index (χ2v) is 4.48. The van der Waals surface area contributed by atoms with E-state index in [2.05, 4.69) is 0 Å². The van der Waals surface area contributed by atoms with Crippen LogP contribution in [0.15, 0.2) is 18.2 Å². The lowest BCUT2D eigenvalue weighted by Crippen LogP contribution is -2.12. The molecule has 0 radical (unpaired) electrons. The Labute approximate surface area is 109 Å². The van der Waals surface area contributed by atoms with Crippen LogP contribution in [0.25, 0.3) is 0 Å². The van der Waals surface area contributed by atoms with E-state index in [1.165, 1.54) is 34.7 Å². The number of hydrogen-bond acceptors (Lipinski definition) is 1. The van der Waals surface area contributed by atoms with Crippen molar-refractivity contribution in [3.63, 3.8) is 0 Å². The molecule has 1 aromatic carbocycles. The lowest BCUT2D eigenvalue weighted by atomic mass is 10.1. The molecule has 0 saturated heterocycles. The molecule has 0 atom stereocenters. The number of alkyl halides is 4. The van der Waals surface area contributed by atoms with Crippen molar-refractivity contribution in [2.45, 2.75) is 12.6 Å². The fraction of sp³-hybridized carbons (Fsp3) is 0.300. The van der Waals surface area contributed by atoms with Crippen LogP contribution in [-0.2, 0) is 6.18 Å². The number of benzene rings is 1. The molecule has 0 amide bonds. The van der Waals surface area contributed by atoms with Crippen molar-refractivity contribution in [2.24, 2.45) is 0 Å². The summed E-state index contributed by atoms with van der Waals surface area (Å²) >= 11 is 6.92. The maximum absolute atomic E-state index is 12.5. The highest BCUT2D eigenvalue weighted by molar-refractivity contribution is 14.1. The van der Waals surface area contributed by atoms with Gasteiger partial charge in [0.25, 0.3) is 0 Å². The number of rotatable bonds is 3. The highest BCUT2D eigenvalue weighted by Gasteiger charge is 2.34. The normalized spacial score (nSPS) is 11.6. The molecular formula is C10H7ClF3IO. The van der Waals surface area contributed by atoms with Crippen LogP contribution in [0.1, 0.15) is 22.3 Å². The van der Waals surface area contributed by atoms with Crippen molar-refractivity contribution >= 4 is 40.0 Å². The van der Waals surface area contributed by atoms with Gasteiger partial charge >= 0.3 is 6.18 Å². The van der Waals surface area contributed by atoms with Crippen LogP contribution in [0.2, 0.25) is 0 Å². The number of Topliss-reactive ketones (excluding diaryl/α,β-unsaturated/α-hetero) is 1. The third-order valence-electron chi connectivity index (χ3n) is 1.93. The van der Waals surface area contributed by atoms with E-state index >= 15 is 0 Å². The summed E-state index contributed by atoms with van der Waals surface area (Å²) in [5.74, 6) is -0.268. The topological polar surface area (TPSA) is 17.1 Å². The monoisotopic (exact) mass is 362 g/mol. The van der Waals surface area contributed by atoms with Crippen LogP contribution in [0.5, 0.6) is 0 Å². The Balaban J connectivity index is 3.19. The minimum absolute atomic E-state index is 0.0405. The van der Waals surface area contributed by atoms with Gasteiger partial charge in [-0.25, -0.2) is 0 Å². The maximum Gasteiger partial charge on any atom is 0.417 e. The summed E-state index contributed by atoms with van der Waals surface area (Å²) < 4.78 is 37.5. The summed E-state index contributed by atoms with van der Waals surface area (Å²) in [6.45, 7) is 0. The average molecular weight is 363 g/mol. The highest BCUT2D eigenvalue weighted by atomic mass is 127. The molecule has 1 aromatic rings. The molecule has 0 aromatic heterocycles. The molecular weight excluding hydrogens is 355 g/mol. The first-order valence-electron chi connectivity index (χ1n) is 4.32. The molecule has 0 N–H and O–H groups in total. The van der Waals surface area contributed by atoms with E-state index in [4.69, 9.17) is 11.6 Å². The Morgan fingerprint density at radius 1 is 1.38 bits per heavy atom. The Hall–Kier alpha value is -0.300. The third-order valence-corrected chi connectivity index (χ3v) is 3.28. The second kappa shape index (κ2) is 5.35. The van der Waals surface area contributed by atoms with Crippen LogP contribution in [0.3, 0.4) is 0 Å². The minimum Gasteiger partial charge on any atom is -0.294 e. The minimum atomic E-state index is -4.44. The molecule has 1 rings (SSSR count). The zero-order chi connectivity index (χ0) is 12.3. The van der Waals surface area contributed by atoms with Crippen LogP contribution in [0, 0.1) is 3.57 Å². The summed E-state index contributed by atoms with van der Waals surface area (Å²) in [7, 11) is 0. The number of hydrogen-bond donors (Lipinski definition) is 0. The zero-order valence-corrected chi connectivity index (χ0v) is 10.9. The zero-order valence-electron chi connectivity index (χ0n) is 7.94. The van der Waals surface area contributed by atoms with Crippen LogP contribution >= 0.6 is 34.2 Å². The predicted octanol–water partition coefficient (Wildman–Crippen LogP) is 4.12. The van der Waals surface area contributed by atoms with Gasteiger partial charge < -0.3 is 0 Å². The van der Waals surface area contributed by atoms with Crippen molar-refractivity contribution in [3.05, 3.63) is 32.9 Å². The highest BCUT2D eigenvalue weighted by Crippen LogP contribution is 2.34. The average Bonchev–Trinajstić information content (AvgIpc) is 2.16. The molecule has 0 saturated carbocycles. The van der Waals surface area contributed by atoms with Gasteiger partial charge in [0.15, 0.2) is 5.78 Å². The Morgan fingerprint density at radius 3 is 2.50 bits per heavy atom. The molecule has 88 valence electrons. The van der Waals surface area contributed by atoms with Crippen LogP contribution in [0.4, 0.5) is 13.2 Å². The van der Waals surface area contributed by atoms with Gasteiger partial charge in [0.2, 0.25) is 0 Å². The van der Waals surface area contributed by atoms with E-state index < -0.39 is 11.7 Å². The summed E-state index contributed by atoms with van der Waals surface area (Å²) in [5.41, 5.74) is -0.704. The number of carbonyl (C=O) groups is 1. The molecule has 6 heteroatoms. The van der Waals surface area contributed by atoms with E-state index in [9.17, 15) is 18.0 Å². The first-order chi connectivity index (χ1) is 7.38. The molecule has 0 aliphatic heterocycles. The molecule has 0 aliphatic rings. The molecule has 0 bridgehead atoms. The lowest BCUT2D eigenvalue weighted by molar-refractivity contribution is -0.138. The van der Waals surface area contributed by atoms with Crippen molar-refractivity contribution in [2.75, 3.05) is 5.88 Å². The number of carbonyl (C=O) groups excluding carboxylic acids is 1. The van der Waals surface area contributed by atoms with Crippen molar-refractivity contribution in [1.82, 2.24) is 0 Å². The molecule has 0 aliphatic carbocycles. The molecule has 0 heterocycles. The van der Waals surface area contributed by atoms with Gasteiger partial charge in [0.05, 0.1) is 5.56 Å². The van der Waals surface area contributed by atoms with Gasteiger partial charge in [-0.2, -0.15) is 13.2 Å². The van der Waals surface area contributed by atoms with Crippen molar-refractivity contribution in [1.29, 1.82) is 0 Å². The molecule has 16 heavy (non-hydrogen) atoms. The van der Waals surface area contributed by atoms with Gasteiger partial charge in [-0.15, -0.1) is 11.6 Å². The Morgan fingerprint density at radius 2 is 2.00 bits per heavy atom. The van der Waals surface area contributed by atoms with Gasteiger partial charge in [-0.1, -0.05) is 12.1 Å². The SMILES string of the molecule is O=C(CCCl)c1cccc(C(F)(F)F)c1I. The number of halogens is 5. The fourth-order valence-corrected chi connectivity index (χ4v) is 2.32. The molecule has 1 nitrogen and oxygen atoms in total. The first kappa shape index (κ1) is 13.8. The predicted molar refractivity (Wildman–Crippen MR) is 63.8 cm³/mol. The van der Waals surface area contributed by atoms with Gasteiger partial charge in [0.1, 0.15) is 0 Å². The standard InChI is InChI=1S/C10H7ClF3IO/c11-5-4-8(16)6-2-1-3-7(9(6)15)10(12,13)14/h1-3H,4-5H2. The molecule has 0 spiro atoms. The summed E-state index contributed by atoms with van der Waals surface area (Å²) in [6, 6.07) is 3.57. The lowest BCUT2D eigenvalue weighted by Gasteiger charge is -2.11.